The minimum Gasteiger partial charge on any atom is -0.370 e. The van der Waals surface area contributed by atoms with E-state index in [1.54, 1.807) is 0 Å². The van der Waals surface area contributed by atoms with E-state index in [4.69, 9.17) is 4.98 Å². The summed E-state index contributed by atoms with van der Waals surface area (Å²) < 4.78 is 0. The first-order valence-electron chi connectivity index (χ1n) is 19.9. The minimum absolute atomic E-state index is 0.802. The Morgan fingerprint density at radius 2 is 0.733 bits per heavy atom. The molecule has 1 aromatic carbocycles. The molecule has 0 saturated carbocycles. The second kappa shape index (κ2) is 30.6. The lowest BCUT2D eigenvalue weighted by Crippen LogP contribution is -2.06. The lowest BCUT2D eigenvalue weighted by molar-refractivity contribution is 0.514. The third-order valence-corrected chi connectivity index (χ3v) is 9.40. The highest BCUT2D eigenvalue weighted by Gasteiger charge is 2.00. The molecule has 0 aliphatic heterocycles. The van der Waals surface area contributed by atoms with Gasteiger partial charge in [0.15, 0.2) is 0 Å². The van der Waals surface area contributed by atoms with E-state index in [2.05, 4.69) is 60.0 Å². The van der Waals surface area contributed by atoms with Gasteiger partial charge in [-0.3, -0.25) is 0 Å². The van der Waals surface area contributed by atoms with Crippen LogP contribution >= 0.6 is 0 Å². The molecule has 2 N–H and O–H groups in total. The molecule has 3 nitrogen and oxygen atoms in total. The Labute approximate surface area is 280 Å². The number of rotatable bonds is 33. The van der Waals surface area contributed by atoms with Crippen molar-refractivity contribution in [1.82, 2.24) is 4.98 Å². The Bertz CT molecular complexity index is 867. The second-order valence-corrected chi connectivity index (χ2v) is 13.7. The van der Waals surface area contributed by atoms with Gasteiger partial charge in [0.25, 0.3) is 0 Å². The fourth-order valence-corrected chi connectivity index (χ4v) is 6.43. The zero-order chi connectivity index (χ0) is 31.7. The summed E-state index contributed by atoms with van der Waals surface area (Å²) in [5.74, 6) is 1.90. The highest BCUT2D eigenvalue weighted by atomic mass is 15.1. The van der Waals surface area contributed by atoms with Crippen LogP contribution in [0.1, 0.15) is 192 Å². The van der Waals surface area contributed by atoms with E-state index in [9.17, 15) is 0 Å². The summed E-state index contributed by atoms with van der Waals surface area (Å²) in [4.78, 5) is 4.70. The summed E-state index contributed by atoms with van der Waals surface area (Å²) in [7, 11) is 0. The maximum Gasteiger partial charge on any atom is 0.128 e. The molecule has 0 amide bonds. The van der Waals surface area contributed by atoms with Crippen LogP contribution in [0.2, 0.25) is 0 Å². The molecule has 0 unspecified atom stereocenters. The number of unbranched alkanes of at least 4 members (excludes halogenated alkanes) is 27. The number of hydrogen-bond donors (Lipinski definition) is 2. The number of nitrogens with zero attached hydrogens (tertiary/aromatic N) is 1. The van der Waals surface area contributed by atoms with Crippen molar-refractivity contribution in [2.24, 2.45) is 0 Å². The topological polar surface area (TPSA) is 37.0 Å². The van der Waals surface area contributed by atoms with Crippen LogP contribution in [-0.4, -0.2) is 11.5 Å². The van der Waals surface area contributed by atoms with Crippen LogP contribution in [0, 0.1) is 0 Å². The zero-order valence-corrected chi connectivity index (χ0v) is 29.8. The third-order valence-electron chi connectivity index (χ3n) is 9.40. The zero-order valence-electron chi connectivity index (χ0n) is 29.8. The van der Waals surface area contributed by atoms with Gasteiger partial charge in [0.05, 0.1) is 0 Å². The lowest BCUT2D eigenvalue weighted by Gasteiger charge is -2.09. The van der Waals surface area contributed by atoms with Crippen LogP contribution in [0.3, 0.4) is 0 Å². The quantitative estimate of drug-likeness (QED) is 0.0780. The van der Waals surface area contributed by atoms with Gasteiger partial charge in [0.2, 0.25) is 0 Å². The molecule has 0 aliphatic rings. The smallest absolute Gasteiger partial charge is 0.128 e. The molecule has 0 bridgehead atoms. The van der Waals surface area contributed by atoms with E-state index in [1.165, 1.54) is 185 Å². The van der Waals surface area contributed by atoms with E-state index in [-0.39, 0.29) is 0 Å². The molecule has 3 heteroatoms. The average Bonchev–Trinajstić information content (AvgIpc) is 3.07. The number of hydrogen-bond acceptors (Lipinski definition) is 3. The summed E-state index contributed by atoms with van der Waals surface area (Å²) in [6.45, 7) is 4.12. The predicted octanol–water partition coefficient (Wildman–Crippen LogP) is 14.0. The van der Waals surface area contributed by atoms with Crippen molar-refractivity contribution in [3.05, 3.63) is 54.1 Å². The molecule has 2 rings (SSSR count). The summed E-state index contributed by atoms with van der Waals surface area (Å²) in [6, 6.07) is 16.7. The van der Waals surface area contributed by atoms with Crippen LogP contribution in [0.15, 0.2) is 48.5 Å². The Morgan fingerprint density at radius 3 is 1.13 bits per heavy atom. The van der Waals surface area contributed by atoms with Crippen molar-refractivity contribution >= 4 is 11.6 Å². The van der Waals surface area contributed by atoms with Crippen molar-refractivity contribution in [3.63, 3.8) is 0 Å². The molecule has 256 valence electrons. The number of anilines is 2. The average molecular weight is 620 g/mol. The molecule has 0 aliphatic carbocycles. The molecule has 0 fully saturated rings. The highest BCUT2D eigenvalue weighted by molar-refractivity contribution is 5.45. The van der Waals surface area contributed by atoms with Gasteiger partial charge in [0.1, 0.15) is 11.6 Å². The number of pyridine rings is 1. The van der Waals surface area contributed by atoms with Crippen molar-refractivity contribution in [1.29, 1.82) is 0 Å². The van der Waals surface area contributed by atoms with E-state index in [0.29, 0.717) is 0 Å². The molecule has 0 atom stereocenters. The predicted molar refractivity (Wildman–Crippen MR) is 201 cm³/mol. The van der Waals surface area contributed by atoms with Crippen LogP contribution in [0.5, 0.6) is 0 Å². The number of nitrogens with one attached hydrogen (secondary N) is 2. The van der Waals surface area contributed by atoms with Crippen molar-refractivity contribution in [2.75, 3.05) is 17.2 Å². The summed E-state index contributed by atoms with van der Waals surface area (Å²) >= 11 is 0. The lowest BCUT2D eigenvalue weighted by atomic mass is 10.0. The molecule has 45 heavy (non-hydrogen) atoms. The standard InChI is InChI=1S/C42H73N3/c1-2-3-4-5-6-7-8-9-10-11-12-13-14-15-16-17-18-19-20-21-22-23-24-25-26-27-28-32-38-43-41-36-33-37-42(45-41)44-39-40-34-30-29-31-35-40/h29-31,33-37H,2-28,32,38-39H2,1H3,(H2,43,44,45). The maximum absolute atomic E-state index is 4.70. The van der Waals surface area contributed by atoms with Gasteiger partial charge in [-0.25, -0.2) is 4.98 Å². The number of benzene rings is 1. The minimum atomic E-state index is 0.802. The van der Waals surface area contributed by atoms with Crippen molar-refractivity contribution in [2.45, 2.75) is 193 Å². The molecule has 1 heterocycles. The van der Waals surface area contributed by atoms with Crippen LogP contribution < -0.4 is 10.6 Å². The van der Waals surface area contributed by atoms with Crippen molar-refractivity contribution < 1.29 is 0 Å². The summed E-state index contributed by atoms with van der Waals surface area (Å²) in [5, 5.41) is 6.93. The van der Waals surface area contributed by atoms with Crippen molar-refractivity contribution in [3.8, 4) is 0 Å². The molecule has 0 radical (unpaired) electrons. The first-order chi connectivity index (χ1) is 22.4. The normalized spacial score (nSPS) is 11.2. The molecule has 0 spiro atoms. The molecular weight excluding hydrogens is 546 g/mol. The Balaban J connectivity index is 1.22. The fraction of sp³-hybridized carbons (Fsp3) is 0.738. The van der Waals surface area contributed by atoms with Gasteiger partial charge in [-0.2, -0.15) is 0 Å². The second-order valence-electron chi connectivity index (χ2n) is 13.7. The Hall–Kier alpha value is -2.03. The summed E-state index contributed by atoms with van der Waals surface area (Å²) in [6.07, 6.45) is 40.4. The Kier molecular flexibility index (Phi) is 26.6. The van der Waals surface area contributed by atoms with Gasteiger partial charge < -0.3 is 10.6 Å². The molecule has 0 saturated heterocycles. The first kappa shape index (κ1) is 39.1. The van der Waals surface area contributed by atoms with E-state index in [0.717, 1.165) is 24.7 Å². The molecule has 1 aromatic heterocycles. The van der Waals surface area contributed by atoms with E-state index in [1.807, 2.05) is 6.07 Å². The maximum atomic E-state index is 4.70. The van der Waals surface area contributed by atoms with E-state index < -0.39 is 0 Å². The van der Waals surface area contributed by atoms with E-state index >= 15 is 0 Å². The Morgan fingerprint density at radius 1 is 0.378 bits per heavy atom. The molecular formula is C42H73N3. The van der Waals surface area contributed by atoms with Crippen LogP contribution in [0.25, 0.3) is 0 Å². The van der Waals surface area contributed by atoms with Gasteiger partial charge in [-0.1, -0.05) is 217 Å². The number of aromatic nitrogens is 1. The largest absolute Gasteiger partial charge is 0.370 e. The fourth-order valence-electron chi connectivity index (χ4n) is 6.43. The van der Waals surface area contributed by atoms with Crippen LogP contribution in [-0.2, 0) is 6.54 Å². The van der Waals surface area contributed by atoms with Crippen LogP contribution in [0.4, 0.5) is 11.6 Å². The first-order valence-corrected chi connectivity index (χ1v) is 19.9. The van der Waals surface area contributed by atoms with Gasteiger partial charge in [0, 0.05) is 13.1 Å². The SMILES string of the molecule is CCCCCCCCCCCCCCCCCCCCCCCCCCCCCCNc1cccc(NCc2ccccc2)n1. The van der Waals surface area contributed by atoms with Gasteiger partial charge >= 0.3 is 0 Å². The third kappa shape index (κ3) is 24.8. The summed E-state index contributed by atoms with van der Waals surface area (Å²) in [5.41, 5.74) is 1.27. The molecule has 2 aromatic rings. The van der Waals surface area contributed by atoms with Gasteiger partial charge in [-0.05, 0) is 24.1 Å². The van der Waals surface area contributed by atoms with Gasteiger partial charge in [-0.15, -0.1) is 0 Å². The monoisotopic (exact) mass is 620 g/mol. The highest BCUT2D eigenvalue weighted by Crippen LogP contribution is 2.17.